The molecule has 1 fully saturated rings. The van der Waals surface area contributed by atoms with Crippen molar-refractivity contribution in [3.63, 3.8) is 0 Å². The summed E-state index contributed by atoms with van der Waals surface area (Å²) < 4.78 is 27.7. The van der Waals surface area contributed by atoms with Crippen LogP contribution in [-0.4, -0.2) is 46.5 Å². The first kappa shape index (κ1) is 16.4. The van der Waals surface area contributed by atoms with Gasteiger partial charge in [0.2, 0.25) is 10.0 Å². The lowest BCUT2D eigenvalue weighted by Gasteiger charge is -2.29. The zero-order valence-electron chi connectivity index (χ0n) is 13.0. The fourth-order valence-electron chi connectivity index (χ4n) is 2.60. The van der Waals surface area contributed by atoms with Crippen molar-refractivity contribution in [2.75, 3.05) is 27.2 Å². The number of hydrogen-bond acceptors (Lipinski definition) is 4. The summed E-state index contributed by atoms with van der Waals surface area (Å²) in [6.07, 6.45) is 0.832. The predicted octanol–water partition coefficient (Wildman–Crippen LogP) is 1.02. The van der Waals surface area contributed by atoms with E-state index in [0.717, 1.165) is 31.6 Å². The van der Waals surface area contributed by atoms with Crippen molar-refractivity contribution in [3.05, 3.63) is 29.8 Å². The second-order valence-electron chi connectivity index (χ2n) is 6.08. The van der Waals surface area contributed by atoms with Crippen molar-refractivity contribution in [1.29, 1.82) is 0 Å². The SMILES string of the molecule is CC1CNCCC1NS(=O)(=O)c1ccc(CN(C)C)cc1. The number of benzene rings is 1. The Morgan fingerprint density at radius 2 is 1.95 bits per heavy atom. The number of sulfonamides is 1. The molecule has 2 rings (SSSR count). The molecule has 1 saturated heterocycles. The van der Waals surface area contributed by atoms with Gasteiger partial charge in [0, 0.05) is 12.6 Å². The molecule has 0 saturated carbocycles. The average Bonchev–Trinajstić information content (AvgIpc) is 2.41. The number of nitrogens with one attached hydrogen (secondary N) is 2. The lowest BCUT2D eigenvalue weighted by atomic mass is 9.97. The molecule has 1 aromatic rings. The van der Waals surface area contributed by atoms with Gasteiger partial charge in [0.25, 0.3) is 0 Å². The van der Waals surface area contributed by atoms with E-state index < -0.39 is 10.0 Å². The van der Waals surface area contributed by atoms with Crippen LogP contribution in [-0.2, 0) is 16.6 Å². The first-order chi connectivity index (χ1) is 9.88. The third-order valence-corrected chi connectivity index (χ3v) is 5.33. The van der Waals surface area contributed by atoms with Gasteiger partial charge < -0.3 is 10.2 Å². The van der Waals surface area contributed by atoms with Gasteiger partial charge in [0.15, 0.2) is 0 Å². The van der Waals surface area contributed by atoms with Crippen molar-refractivity contribution in [2.24, 2.45) is 5.92 Å². The van der Waals surface area contributed by atoms with E-state index in [4.69, 9.17) is 0 Å². The van der Waals surface area contributed by atoms with Crippen LogP contribution in [0.4, 0.5) is 0 Å². The molecule has 1 aromatic carbocycles. The first-order valence-electron chi connectivity index (χ1n) is 7.35. The van der Waals surface area contributed by atoms with Crippen molar-refractivity contribution in [2.45, 2.75) is 30.8 Å². The monoisotopic (exact) mass is 311 g/mol. The third kappa shape index (κ3) is 4.51. The molecule has 1 aliphatic rings. The van der Waals surface area contributed by atoms with Crippen LogP contribution >= 0.6 is 0 Å². The van der Waals surface area contributed by atoms with Crippen LogP contribution in [0.15, 0.2) is 29.2 Å². The maximum absolute atomic E-state index is 12.4. The van der Waals surface area contributed by atoms with Gasteiger partial charge in [-0.1, -0.05) is 19.1 Å². The Bertz CT molecular complexity index is 555. The second-order valence-corrected chi connectivity index (χ2v) is 7.79. The predicted molar refractivity (Wildman–Crippen MR) is 84.6 cm³/mol. The molecule has 2 atom stereocenters. The van der Waals surface area contributed by atoms with Gasteiger partial charge in [-0.25, -0.2) is 13.1 Å². The molecule has 0 radical (unpaired) electrons. The highest BCUT2D eigenvalue weighted by atomic mass is 32.2. The van der Waals surface area contributed by atoms with Crippen LogP contribution in [0.5, 0.6) is 0 Å². The highest BCUT2D eigenvalue weighted by Gasteiger charge is 2.26. The van der Waals surface area contributed by atoms with Crippen molar-refractivity contribution in [3.8, 4) is 0 Å². The largest absolute Gasteiger partial charge is 0.316 e. The minimum Gasteiger partial charge on any atom is -0.316 e. The molecule has 1 aliphatic heterocycles. The molecule has 0 spiro atoms. The van der Waals surface area contributed by atoms with E-state index >= 15 is 0 Å². The summed E-state index contributed by atoms with van der Waals surface area (Å²) in [5.41, 5.74) is 1.11. The van der Waals surface area contributed by atoms with E-state index in [1.165, 1.54) is 0 Å². The van der Waals surface area contributed by atoms with E-state index in [0.29, 0.717) is 10.8 Å². The molecule has 0 amide bonds. The van der Waals surface area contributed by atoms with Gasteiger partial charge in [0.1, 0.15) is 0 Å². The zero-order chi connectivity index (χ0) is 15.5. The van der Waals surface area contributed by atoms with E-state index in [1.807, 2.05) is 26.2 Å². The van der Waals surface area contributed by atoms with Crippen molar-refractivity contribution in [1.82, 2.24) is 14.9 Å². The lowest BCUT2D eigenvalue weighted by molar-refractivity contribution is 0.328. The standard InChI is InChI=1S/C15H25N3O2S/c1-12-10-16-9-8-15(12)17-21(19,20)14-6-4-13(5-7-14)11-18(2)3/h4-7,12,15-17H,8-11H2,1-3H3. The number of piperidine rings is 1. The molecule has 0 aromatic heterocycles. The molecule has 0 aliphatic carbocycles. The molecule has 21 heavy (non-hydrogen) atoms. The normalized spacial score (nSPS) is 23.4. The maximum Gasteiger partial charge on any atom is 0.240 e. The first-order valence-corrected chi connectivity index (χ1v) is 8.83. The van der Waals surface area contributed by atoms with Gasteiger partial charge in [-0.3, -0.25) is 0 Å². The van der Waals surface area contributed by atoms with Crippen LogP contribution in [0.1, 0.15) is 18.9 Å². The Morgan fingerprint density at radius 1 is 1.29 bits per heavy atom. The zero-order valence-corrected chi connectivity index (χ0v) is 13.8. The fourth-order valence-corrected chi connectivity index (χ4v) is 3.97. The topological polar surface area (TPSA) is 61.4 Å². The summed E-state index contributed by atoms with van der Waals surface area (Å²) in [5.74, 6) is 0.307. The summed E-state index contributed by atoms with van der Waals surface area (Å²) in [7, 11) is 0.552. The van der Waals surface area contributed by atoms with Crippen LogP contribution in [0.3, 0.4) is 0 Å². The summed E-state index contributed by atoms with van der Waals surface area (Å²) in [5, 5.41) is 3.28. The molecule has 1 heterocycles. The van der Waals surface area contributed by atoms with Gasteiger partial charge in [-0.2, -0.15) is 0 Å². The highest BCUT2D eigenvalue weighted by Crippen LogP contribution is 2.16. The molecular weight excluding hydrogens is 286 g/mol. The highest BCUT2D eigenvalue weighted by molar-refractivity contribution is 7.89. The number of hydrogen-bond donors (Lipinski definition) is 2. The molecule has 2 unspecified atom stereocenters. The number of rotatable bonds is 5. The van der Waals surface area contributed by atoms with Crippen molar-refractivity contribution >= 4 is 10.0 Å². The van der Waals surface area contributed by atoms with Gasteiger partial charge in [-0.05, 0) is 57.2 Å². The Kier molecular flexibility index (Phi) is 5.37. The van der Waals surface area contributed by atoms with Gasteiger partial charge in [-0.15, -0.1) is 0 Å². The quantitative estimate of drug-likeness (QED) is 0.852. The van der Waals surface area contributed by atoms with Crippen LogP contribution < -0.4 is 10.0 Å². The minimum atomic E-state index is -3.43. The van der Waals surface area contributed by atoms with Crippen LogP contribution in [0.25, 0.3) is 0 Å². The Morgan fingerprint density at radius 3 is 2.52 bits per heavy atom. The van der Waals surface area contributed by atoms with Crippen LogP contribution in [0, 0.1) is 5.92 Å². The van der Waals surface area contributed by atoms with Gasteiger partial charge >= 0.3 is 0 Å². The molecular formula is C15H25N3O2S. The van der Waals surface area contributed by atoms with E-state index in [9.17, 15) is 8.42 Å². The van der Waals surface area contributed by atoms with E-state index in [2.05, 4.69) is 21.9 Å². The van der Waals surface area contributed by atoms with E-state index in [1.54, 1.807) is 12.1 Å². The summed E-state index contributed by atoms with van der Waals surface area (Å²) in [6.45, 7) is 4.59. The summed E-state index contributed by atoms with van der Waals surface area (Å²) in [4.78, 5) is 2.40. The second kappa shape index (κ2) is 6.87. The molecule has 6 heteroatoms. The Labute approximate surface area is 127 Å². The molecule has 0 bridgehead atoms. The molecule has 5 nitrogen and oxygen atoms in total. The maximum atomic E-state index is 12.4. The van der Waals surface area contributed by atoms with Crippen LogP contribution in [0.2, 0.25) is 0 Å². The lowest BCUT2D eigenvalue weighted by Crippen LogP contribution is -2.48. The molecule has 2 N–H and O–H groups in total. The smallest absolute Gasteiger partial charge is 0.240 e. The number of nitrogens with zero attached hydrogens (tertiary/aromatic N) is 1. The average molecular weight is 311 g/mol. The Balaban J connectivity index is 2.08. The summed E-state index contributed by atoms with van der Waals surface area (Å²) in [6, 6.07) is 7.14. The van der Waals surface area contributed by atoms with Gasteiger partial charge in [0.05, 0.1) is 4.90 Å². The van der Waals surface area contributed by atoms with E-state index in [-0.39, 0.29) is 6.04 Å². The summed E-state index contributed by atoms with van der Waals surface area (Å²) >= 11 is 0. The third-order valence-electron chi connectivity index (χ3n) is 3.82. The minimum absolute atomic E-state index is 0.0118. The fraction of sp³-hybridized carbons (Fsp3) is 0.600. The van der Waals surface area contributed by atoms with Crippen molar-refractivity contribution < 1.29 is 8.42 Å². The Hall–Kier alpha value is -0.950. The molecule has 118 valence electrons.